The Morgan fingerprint density at radius 2 is 1.86 bits per heavy atom. The molecule has 1 saturated heterocycles. The summed E-state index contributed by atoms with van der Waals surface area (Å²) in [6, 6.07) is 12.0. The van der Waals surface area contributed by atoms with Gasteiger partial charge in [0.1, 0.15) is 0 Å². The molecule has 3 rings (SSSR count). The Hall–Kier alpha value is -2.22. The smallest absolute Gasteiger partial charge is 0.264 e. The molecule has 0 radical (unpaired) electrons. The van der Waals surface area contributed by atoms with Crippen LogP contribution in [0.1, 0.15) is 20.8 Å². The van der Waals surface area contributed by atoms with Crippen molar-refractivity contribution in [3.8, 4) is 0 Å². The zero-order valence-electron chi connectivity index (χ0n) is 16.6. The van der Waals surface area contributed by atoms with Gasteiger partial charge in [0.15, 0.2) is 0 Å². The number of nitrogens with zero attached hydrogens (tertiary/aromatic N) is 3. The Balaban J connectivity index is 1.46. The molecule has 1 aliphatic heterocycles. The van der Waals surface area contributed by atoms with Crippen molar-refractivity contribution in [2.75, 3.05) is 46.8 Å². The fourth-order valence-corrected chi connectivity index (χ4v) is 3.95. The second-order valence-electron chi connectivity index (χ2n) is 7.31. The Bertz CT molecular complexity index is 785. The van der Waals surface area contributed by atoms with Crippen molar-refractivity contribution in [3.05, 3.63) is 57.8 Å². The highest BCUT2D eigenvalue weighted by Crippen LogP contribution is 2.12. The highest BCUT2D eigenvalue weighted by molar-refractivity contribution is 7.12. The van der Waals surface area contributed by atoms with E-state index in [0.717, 1.165) is 38.3 Å². The number of benzene rings is 1. The van der Waals surface area contributed by atoms with Crippen LogP contribution in [-0.2, 0) is 17.9 Å². The van der Waals surface area contributed by atoms with Crippen molar-refractivity contribution in [2.24, 2.45) is 0 Å². The Kier molecular flexibility index (Phi) is 7.19. The molecule has 0 saturated carbocycles. The van der Waals surface area contributed by atoms with Crippen LogP contribution in [0.4, 0.5) is 0 Å². The van der Waals surface area contributed by atoms with E-state index in [1.807, 2.05) is 23.6 Å². The topological polar surface area (TPSA) is 55.9 Å². The molecule has 2 amide bonds. The lowest BCUT2D eigenvalue weighted by Gasteiger charge is -2.32. The first kappa shape index (κ1) is 20.5. The van der Waals surface area contributed by atoms with Crippen molar-refractivity contribution in [2.45, 2.75) is 13.1 Å². The van der Waals surface area contributed by atoms with Gasteiger partial charge in [-0.15, -0.1) is 11.3 Å². The average molecular weight is 401 g/mol. The van der Waals surface area contributed by atoms with E-state index in [4.69, 9.17) is 0 Å². The molecule has 0 unspecified atom stereocenters. The molecule has 0 atom stereocenters. The summed E-state index contributed by atoms with van der Waals surface area (Å²) in [4.78, 5) is 31.3. The molecule has 2 aromatic rings. The lowest BCUT2D eigenvalue weighted by atomic mass is 10.1. The Morgan fingerprint density at radius 1 is 1.11 bits per heavy atom. The van der Waals surface area contributed by atoms with Crippen molar-refractivity contribution in [1.82, 2.24) is 20.0 Å². The van der Waals surface area contributed by atoms with Crippen LogP contribution in [0.2, 0.25) is 0 Å². The second kappa shape index (κ2) is 9.82. The molecule has 28 heavy (non-hydrogen) atoms. The van der Waals surface area contributed by atoms with Crippen LogP contribution < -0.4 is 5.32 Å². The number of amides is 2. The number of carbonyl (C=O) groups is 2. The molecule has 0 spiro atoms. The third-order valence-electron chi connectivity index (χ3n) is 4.94. The van der Waals surface area contributed by atoms with Crippen LogP contribution >= 0.6 is 11.3 Å². The zero-order valence-corrected chi connectivity index (χ0v) is 17.4. The van der Waals surface area contributed by atoms with E-state index >= 15 is 0 Å². The monoisotopic (exact) mass is 400 g/mol. The maximum atomic E-state index is 12.2. The molecule has 1 fully saturated rings. The standard InChI is InChI=1S/C21H28N4O2S/c1-23-8-10-25(11-9-23)15-18-6-3-5-17(13-18)14-22-20(26)16-24(2)21(27)19-7-4-12-28-19/h3-7,12-13H,8-11,14-16H2,1-2H3,(H,22,26). The first-order chi connectivity index (χ1) is 13.5. The number of thiophene rings is 1. The molecule has 2 heterocycles. The lowest BCUT2D eigenvalue weighted by molar-refractivity contribution is -0.121. The highest BCUT2D eigenvalue weighted by Gasteiger charge is 2.16. The number of carbonyl (C=O) groups excluding carboxylic acids is 2. The molecular formula is C21H28N4O2S. The number of hydrogen-bond acceptors (Lipinski definition) is 5. The van der Waals surface area contributed by atoms with Gasteiger partial charge in [0.25, 0.3) is 5.91 Å². The molecule has 1 aromatic heterocycles. The van der Waals surface area contributed by atoms with E-state index in [1.165, 1.54) is 21.8 Å². The summed E-state index contributed by atoms with van der Waals surface area (Å²) in [6.45, 7) is 5.84. The number of hydrogen-bond donors (Lipinski definition) is 1. The largest absolute Gasteiger partial charge is 0.350 e. The van der Waals surface area contributed by atoms with Crippen molar-refractivity contribution in [1.29, 1.82) is 0 Å². The summed E-state index contributed by atoms with van der Waals surface area (Å²) in [5.74, 6) is -0.281. The summed E-state index contributed by atoms with van der Waals surface area (Å²) in [5, 5.41) is 4.77. The van der Waals surface area contributed by atoms with E-state index in [1.54, 1.807) is 13.1 Å². The second-order valence-corrected chi connectivity index (χ2v) is 8.26. The predicted octanol–water partition coefficient (Wildman–Crippen LogP) is 1.88. The van der Waals surface area contributed by atoms with Gasteiger partial charge in [0, 0.05) is 46.3 Å². The van der Waals surface area contributed by atoms with Crippen molar-refractivity contribution >= 4 is 23.2 Å². The van der Waals surface area contributed by atoms with Gasteiger partial charge in [-0.3, -0.25) is 14.5 Å². The fourth-order valence-electron chi connectivity index (χ4n) is 3.23. The summed E-state index contributed by atoms with van der Waals surface area (Å²) in [7, 11) is 3.81. The average Bonchev–Trinajstić information content (AvgIpc) is 3.23. The normalized spacial score (nSPS) is 15.4. The quantitative estimate of drug-likeness (QED) is 0.771. The van der Waals surface area contributed by atoms with E-state index in [2.05, 4.69) is 34.3 Å². The molecule has 7 heteroatoms. The third-order valence-corrected chi connectivity index (χ3v) is 5.80. The molecule has 6 nitrogen and oxygen atoms in total. The molecule has 1 aliphatic rings. The molecule has 0 aliphatic carbocycles. The van der Waals surface area contributed by atoms with Gasteiger partial charge in [-0.1, -0.05) is 30.3 Å². The van der Waals surface area contributed by atoms with E-state index in [9.17, 15) is 9.59 Å². The molecular weight excluding hydrogens is 372 g/mol. The van der Waals surface area contributed by atoms with E-state index in [0.29, 0.717) is 11.4 Å². The fraction of sp³-hybridized carbons (Fsp3) is 0.429. The number of likely N-dealkylation sites (N-methyl/N-ethyl adjacent to an activating group) is 2. The predicted molar refractivity (Wildman–Crippen MR) is 112 cm³/mol. The maximum absolute atomic E-state index is 12.2. The van der Waals surface area contributed by atoms with Crippen LogP contribution in [-0.4, -0.2) is 73.3 Å². The Morgan fingerprint density at radius 3 is 2.57 bits per heavy atom. The number of rotatable bonds is 7. The first-order valence-corrected chi connectivity index (χ1v) is 10.4. The van der Waals surface area contributed by atoms with Crippen LogP contribution in [0, 0.1) is 0 Å². The maximum Gasteiger partial charge on any atom is 0.264 e. The van der Waals surface area contributed by atoms with Gasteiger partial charge < -0.3 is 15.1 Å². The van der Waals surface area contributed by atoms with Crippen molar-refractivity contribution < 1.29 is 9.59 Å². The van der Waals surface area contributed by atoms with Crippen LogP contribution in [0.3, 0.4) is 0 Å². The van der Waals surface area contributed by atoms with Gasteiger partial charge in [0.05, 0.1) is 11.4 Å². The zero-order chi connectivity index (χ0) is 19.9. The van der Waals surface area contributed by atoms with Gasteiger partial charge in [-0.2, -0.15) is 0 Å². The summed E-state index contributed by atoms with van der Waals surface area (Å²) in [6.07, 6.45) is 0. The molecule has 1 aromatic carbocycles. The van der Waals surface area contributed by atoms with Gasteiger partial charge in [0.2, 0.25) is 5.91 Å². The first-order valence-electron chi connectivity index (χ1n) is 9.55. The highest BCUT2D eigenvalue weighted by atomic mass is 32.1. The molecule has 150 valence electrons. The number of piperazine rings is 1. The van der Waals surface area contributed by atoms with Crippen LogP contribution in [0.5, 0.6) is 0 Å². The minimum atomic E-state index is -0.156. The Labute approximate surface area is 170 Å². The minimum absolute atomic E-state index is 0.0533. The summed E-state index contributed by atoms with van der Waals surface area (Å²) in [5.41, 5.74) is 2.34. The van der Waals surface area contributed by atoms with E-state index in [-0.39, 0.29) is 18.4 Å². The van der Waals surface area contributed by atoms with Crippen LogP contribution in [0.15, 0.2) is 41.8 Å². The molecule has 1 N–H and O–H groups in total. The lowest BCUT2D eigenvalue weighted by Crippen LogP contribution is -2.43. The van der Waals surface area contributed by atoms with Gasteiger partial charge in [-0.05, 0) is 29.6 Å². The van der Waals surface area contributed by atoms with Crippen molar-refractivity contribution in [3.63, 3.8) is 0 Å². The van der Waals surface area contributed by atoms with Crippen LogP contribution in [0.25, 0.3) is 0 Å². The summed E-state index contributed by atoms with van der Waals surface area (Å²) >= 11 is 1.38. The minimum Gasteiger partial charge on any atom is -0.350 e. The number of nitrogens with one attached hydrogen (secondary N) is 1. The summed E-state index contributed by atoms with van der Waals surface area (Å²) < 4.78 is 0. The van der Waals surface area contributed by atoms with Gasteiger partial charge >= 0.3 is 0 Å². The third kappa shape index (κ3) is 5.89. The SMILES string of the molecule is CN1CCN(Cc2cccc(CNC(=O)CN(C)C(=O)c3cccs3)c2)CC1. The van der Waals surface area contributed by atoms with Gasteiger partial charge in [-0.25, -0.2) is 0 Å². The molecule has 0 bridgehead atoms. The van der Waals surface area contributed by atoms with E-state index < -0.39 is 0 Å².